The van der Waals surface area contributed by atoms with Crippen LogP contribution in [0, 0.1) is 5.92 Å². The highest BCUT2D eigenvalue weighted by atomic mass is 35.5. The lowest BCUT2D eigenvalue weighted by Gasteiger charge is -2.19. The van der Waals surface area contributed by atoms with E-state index in [1.54, 1.807) is 66.6 Å². The molecule has 1 aliphatic heterocycles. The summed E-state index contributed by atoms with van der Waals surface area (Å²) in [6, 6.07) is 17.6. The van der Waals surface area contributed by atoms with Crippen LogP contribution in [0.3, 0.4) is 0 Å². The summed E-state index contributed by atoms with van der Waals surface area (Å²) in [5, 5.41) is 0.886. The Balaban J connectivity index is 1.41. The maximum absolute atomic E-state index is 12.9. The molecule has 0 radical (unpaired) electrons. The number of ether oxygens (including phenoxy) is 3. The average Bonchev–Trinajstić information content (AvgIpc) is 3.29. The van der Waals surface area contributed by atoms with Crippen LogP contribution in [-0.4, -0.2) is 32.6 Å². The van der Waals surface area contributed by atoms with E-state index in [0.717, 1.165) is 11.3 Å². The number of nitrogens with one attached hydrogen (secondary N) is 2. The van der Waals surface area contributed by atoms with Crippen molar-refractivity contribution < 1.29 is 23.8 Å². The lowest BCUT2D eigenvalue weighted by Crippen LogP contribution is -2.36. The number of halogens is 2. The number of para-hydroxylation sites is 1. The van der Waals surface area contributed by atoms with Crippen LogP contribution >= 0.6 is 23.2 Å². The molecule has 1 atom stereocenters. The molecule has 1 saturated heterocycles. The molecule has 0 bridgehead atoms. The SMILES string of the molecule is COc1ccc(N2C[C@H](C(=O)NNc3cccc(OC)c3OCc3ccc(Cl)c(Cl)c3)CC2=O)cc1. The van der Waals surface area contributed by atoms with E-state index in [9.17, 15) is 9.59 Å². The molecule has 10 heteroatoms. The minimum atomic E-state index is -0.515. The molecule has 0 saturated carbocycles. The van der Waals surface area contributed by atoms with Crippen LogP contribution in [-0.2, 0) is 16.2 Å². The lowest BCUT2D eigenvalue weighted by molar-refractivity contribution is -0.125. The van der Waals surface area contributed by atoms with Crippen molar-refractivity contribution in [3.05, 3.63) is 76.3 Å². The molecule has 188 valence electrons. The van der Waals surface area contributed by atoms with Gasteiger partial charge in [-0.3, -0.25) is 20.4 Å². The quantitative estimate of drug-likeness (QED) is 0.375. The van der Waals surface area contributed by atoms with E-state index >= 15 is 0 Å². The molecular weight excluding hydrogens is 505 g/mol. The predicted octanol–water partition coefficient (Wildman–Crippen LogP) is 5.09. The fourth-order valence-electron chi connectivity index (χ4n) is 3.83. The molecule has 3 aromatic rings. The number of amides is 2. The second-order valence-corrected chi connectivity index (χ2v) is 8.91. The second kappa shape index (κ2) is 11.4. The second-order valence-electron chi connectivity index (χ2n) is 8.09. The summed E-state index contributed by atoms with van der Waals surface area (Å²) < 4.78 is 16.6. The Morgan fingerprint density at radius 3 is 2.50 bits per heavy atom. The molecular formula is C26H25Cl2N3O5. The zero-order chi connectivity index (χ0) is 25.7. The number of hydrogen-bond acceptors (Lipinski definition) is 6. The Morgan fingerprint density at radius 1 is 1.03 bits per heavy atom. The van der Waals surface area contributed by atoms with Crippen LogP contribution in [0.4, 0.5) is 11.4 Å². The number of hydrogen-bond donors (Lipinski definition) is 2. The number of nitrogens with zero attached hydrogens (tertiary/aromatic N) is 1. The van der Waals surface area contributed by atoms with Crippen LogP contribution in [0.15, 0.2) is 60.7 Å². The number of rotatable bonds is 9. The first-order valence-corrected chi connectivity index (χ1v) is 11.9. The van der Waals surface area contributed by atoms with Crippen molar-refractivity contribution in [2.24, 2.45) is 5.92 Å². The van der Waals surface area contributed by atoms with Crippen molar-refractivity contribution in [1.29, 1.82) is 0 Å². The fraction of sp³-hybridized carbons (Fsp3) is 0.231. The number of hydrazine groups is 1. The van der Waals surface area contributed by atoms with Gasteiger partial charge in [0.2, 0.25) is 11.8 Å². The van der Waals surface area contributed by atoms with Crippen LogP contribution in [0.2, 0.25) is 10.0 Å². The van der Waals surface area contributed by atoms with Gasteiger partial charge in [0.25, 0.3) is 0 Å². The largest absolute Gasteiger partial charge is 0.497 e. The van der Waals surface area contributed by atoms with Gasteiger partial charge in [0.15, 0.2) is 11.5 Å². The highest BCUT2D eigenvalue weighted by molar-refractivity contribution is 6.42. The molecule has 0 spiro atoms. The Hall–Kier alpha value is -3.62. The van der Waals surface area contributed by atoms with Crippen molar-refractivity contribution in [1.82, 2.24) is 5.43 Å². The van der Waals surface area contributed by atoms with Gasteiger partial charge in [-0.2, -0.15) is 0 Å². The Morgan fingerprint density at radius 2 is 1.81 bits per heavy atom. The molecule has 36 heavy (non-hydrogen) atoms. The van der Waals surface area contributed by atoms with Crippen molar-refractivity contribution in [2.45, 2.75) is 13.0 Å². The summed E-state index contributed by atoms with van der Waals surface area (Å²) >= 11 is 12.1. The average molecular weight is 530 g/mol. The fourth-order valence-corrected chi connectivity index (χ4v) is 4.16. The summed E-state index contributed by atoms with van der Waals surface area (Å²) in [4.78, 5) is 27.0. The van der Waals surface area contributed by atoms with E-state index in [0.29, 0.717) is 33.0 Å². The minimum absolute atomic E-state index is 0.109. The van der Waals surface area contributed by atoms with E-state index in [1.165, 1.54) is 7.11 Å². The first-order chi connectivity index (χ1) is 17.4. The number of carbonyl (C=O) groups excluding carboxylic acids is 2. The lowest BCUT2D eigenvalue weighted by atomic mass is 10.1. The Bertz CT molecular complexity index is 1250. The minimum Gasteiger partial charge on any atom is -0.497 e. The summed E-state index contributed by atoms with van der Waals surface area (Å²) in [7, 11) is 3.11. The number of benzene rings is 3. The third kappa shape index (κ3) is 5.78. The van der Waals surface area contributed by atoms with Gasteiger partial charge in [-0.25, -0.2) is 0 Å². The van der Waals surface area contributed by atoms with E-state index in [-0.39, 0.29) is 31.4 Å². The van der Waals surface area contributed by atoms with Gasteiger partial charge in [0.05, 0.1) is 35.9 Å². The van der Waals surface area contributed by atoms with Crippen LogP contribution in [0.1, 0.15) is 12.0 Å². The zero-order valence-corrected chi connectivity index (χ0v) is 21.2. The molecule has 1 heterocycles. The van der Waals surface area contributed by atoms with Crippen molar-refractivity contribution in [3.8, 4) is 17.2 Å². The maximum atomic E-state index is 12.9. The number of methoxy groups -OCH3 is 2. The van der Waals surface area contributed by atoms with Crippen molar-refractivity contribution >= 4 is 46.4 Å². The summed E-state index contributed by atoms with van der Waals surface area (Å²) in [5.74, 6) is 0.646. The van der Waals surface area contributed by atoms with E-state index in [2.05, 4.69) is 10.9 Å². The Kier molecular flexibility index (Phi) is 8.07. The van der Waals surface area contributed by atoms with Gasteiger partial charge in [-0.05, 0) is 54.1 Å². The van der Waals surface area contributed by atoms with Gasteiger partial charge in [-0.1, -0.05) is 35.3 Å². The highest BCUT2D eigenvalue weighted by Gasteiger charge is 2.35. The summed E-state index contributed by atoms with van der Waals surface area (Å²) in [6.07, 6.45) is 0.109. The number of anilines is 2. The molecule has 1 aliphatic rings. The van der Waals surface area contributed by atoms with Gasteiger partial charge < -0.3 is 19.1 Å². The summed E-state index contributed by atoms with van der Waals surface area (Å²) in [6.45, 7) is 0.477. The molecule has 8 nitrogen and oxygen atoms in total. The van der Waals surface area contributed by atoms with Crippen LogP contribution in [0.5, 0.6) is 17.2 Å². The predicted molar refractivity (Wildman–Crippen MR) is 139 cm³/mol. The van der Waals surface area contributed by atoms with Crippen LogP contribution in [0.25, 0.3) is 0 Å². The molecule has 2 N–H and O–H groups in total. The first-order valence-electron chi connectivity index (χ1n) is 11.1. The van der Waals surface area contributed by atoms with Crippen LogP contribution < -0.4 is 30.0 Å². The first kappa shape index (κ1) is 25.5. The van der Waals surface area contributed by atoms with E-state index in [4.69, 9.17) is 37.4 Å². The normalized spacial score (nSPS) is 14.9. The van der Waals surface area contributed by atoms with E-state index < -0.39 is 5.92 Å². The third-order valence-electron chi connectivity index (χ3n) is 5.77. The Labute approximate surface area is 219 Å². The van der Waals surface area contributed by atoms with Gasteiger partial charge in [0.1, 0.15) is 12.4 Å². The molecule has 1 fully saturated rings. The summed E-state index contributed by atoms with van der Waals surface area (Å²) in [5.41, 5.74) is 7.63. The molecule has 0 unspecified atom stereocenters. The molecule has 2 amide bonds. The topological polar surface area (TPSA) is 89.1 Å². The van der Waals surface area contributed by atoms with Gasteiger partial charge >= 0.3 is 0 Å². The smallest absolute Gasteiger partial charge is 0.243 e. The van der Waals surface area contributed by atoms with Crippen molar-refractivity contribution in [2.75, 3.05) is 31.1 Å². The third-order valence-corrected chi connectivity index (χ3v) is 6.51. The van der Waals surface area contributed by atoms with Crippen molar-refractivity contribution in [3.63, 3.8) is 0 Å². The van der Waals surface area contributed by atoms with Gasteiger partial charge in [0, 0.05) is 18.7 Å². The standard InChI is InChI=1S/C26H25Cl2N3O5/c1-34-19-9-7-18(8-10-19)31-14-17(13-24(31)32)26(33)30-29-22-4-3-5-23(35-2)25(22)36-15-16-6-11-20(27)21(28)12-16/h3-12,17,29H,13-15H2,1-2H3,(H,30,33)/t17-/m1/s1. The van der Waals surface area contributed by atoms with Gasteiger partial charge in [-0.15, -0.1) is 0 Å². The zero-order valence-electron chi connectivity index (χ0n) is 19.7. The molecule has 0 aliphatic carbocycles. The highest BCUT2D eigenvalue weighted by Crippen LogP contribution is 2.36. The molecule has 3 aromatic carbocycles. The number of carbonyl (C=O) groups is 2. The monoisotopic (exact) mass is 529 g/mol. The van der Waals surface area contributed by atoms with E-state index in [1.807, 2.05) is 6.07 Å². The maximum Gasteiger partial charge on any atom is 0.243 e. The molecule has 4 rings (SSSR count). The molecule has 0 aromatic heterocycles.